The van der Waals surface area contributed by atoms with Gasteiger partial charge in [-0.2, -0.15) is 4.73 Å². The maximum atomic E-state index is 12.9. The zero-order valence-corrected chi connectivity index (χ0v) is 18.3. The molecule has 1 amide bonds. The molecule has 2 heterocycles. The molecule has 0 unspecified atom stereocenters. The van der Waals surface area contributed by atoms with Gasteiger partial charge in [0.15, 0.2) is 21.4 Å². The van der Waals surface area contributed by atoms with E-state index in [2.05, 4.69) is 40.4 Å². The summed E-state index contributed by atoms with van der Waals surface area (Å²) in [7, 11) is -1.47. The molecule has 0 radical (unpaired) electrons. The van der Waals surface area contributed by atoms with Crippen molar-refractivity contribution in [1.82, 2.24) is 4.90 Å². The minimum Gasteiger partial charge on any atom is -0.619 e. The molecule has 0 aliphatic carbocycles. The van der Waals surface area contributed by atoms with Crippen LogP contribution in [0.5, 0.6) is 0 Å². The molecule has 150 valence electrons. The average Bonchev–Trinajstić information content (AvgIpc) is 2.93. The van der Waals surface area contributed by atoms with Crippen LogP contribution in [0.1, 0.15) is 32.8 Å². The van der Waals surface area contributed by atoms with Crippen molar-refractivity contribution in [3.05, 3.63) is 48.0 Å². The van der Waals surface area contributed by atoms with Crippen LogP contribution in [0, 0.1) is 16.5 Å². The van der Waals surface area contributed by atoms with E-state index in [1.54, 1.807) is 23.1 Å². The number of hydrogen-bond acceptors (Lipinski definition) is 4. The van der Waals surface area contributed by atoms with Crippen molar-refractivity contribution < 1.29 is 18.7 Å². The van der Waals surface area contributed by atoms with Gasteiger partial charge in [0.2, 0.25) is 0 Å². The summed E-state index contributed by atoms with van der Waals surface area (Å²) in [5.41, 5.74) is 0.258. The van der Waals surface area contributed by atoms with Crippen LogP contribution in [-0.4, -0.2) is 38.9 Å². The smallest absolute Gasteiger partial charge is 0.412 e. The molecule has 0 bridgehead atoms. The van der Waals surface area contributed by atoms with E-state index in [0.717, 1.165) is 16.7 Å². The lowest BCUT2D eigenvalue weighted by molar-refractivity contribution is -0.605. The molecule has 1 saturated heterocycles. The molecule has 6 nitrogen and oxygen atoms in total. The minimum absolute atomic E-state index is 0.0370. The van der Waals surface area contributed by atoms with Gasteiger partial charge in [0.25, 0.3) is 0 Å². The molecule has 1 aromatic heterocycles. The molecule has 7 heteroatoms. The number of nitrogens with zero attached hydrogens (tertiary/aromatic N) is 2. The van der Waals surface area contributed by atoms with E-state index in [1.165, 1.54) is 12.4 Å². The van der Waals surface area contributed by atoms with Crippen molar-refractivity contribution in [3.63, 3.8) is 0 Å². The summed E-state index contributed by atoms with van der Waals surface area (Å²) in [6, 6.07) is 3.58. The number of amides is 1. The Labute approximate surface area is 164 Å². The molecular formula is C20H32N2O4Si. The fourth-order valence-electron chi connectivity index (χ4n) is 3.62. The lowest BCUT2D eigenvalue weighted by Crippen LogP contribution is -2.53. The standard InChI is InChI=1S/C20H32N2O4Si/c1-7-12-25-18(23)22-15-17(19(2,3)4)14-20(22,26-27(5)6)13-16-8-10-21(24)11-9-16/h7-11,17,27H,1,12-15H2,2-6H3/t17-,20-/m0/s1. The second-order valence-electron chi connectivity index (χ2n) is 8.60. The number of carbonyl (C=O) groups is 1. The Morgan fingerprint density at radius 1 is 1.44 bits per heavy atom. The monoisotopic (exact) mass is 392 g/mol. The van der Waals surface area contributed by atoms with Crippen molar-refractivity contribution in [2.45, 2.75) is 52.4 Å². The zero-order chi connectivity index (χ0) is 20.2. The highest BCUT2D eigenvalue weighted by Crippen LogP contribution is 2.45. The summed E-state index contributed by atoms with van der Waals surface area (Å²) in [5, 5.41) is 11.4. The average molecular weight is 393 g/mol. The van der Waals surface area contributed by atoms with Gasteiger partial charge in [-0.1, -0.05) is 33.4 Å². The summed E-state index contributed by atoms with van der Waals surface area (Å²) < 4.78 is 12.7. The van der Waals surface area contributed by atoms with Crippen molar-refractivity contribution in [2.24, 2.45) is 11.3 Å². The molecule has 1 aromatic rings. The van der Waals surface area contributed by atoms with E-state index in [0.29, 0.717) is 13.0 Å². The van der Waals surface area contributed by atoms with E-state index in [9.17, 15) is 10.0 Å². The highest BCUT2D eigenvalue weighted by molar-refractivity contribution is 6.48. The first-order chi connectivity index (χ1) is 12.6. The summed E-state index contributed by atoms with van der Waals surface area (Å²) in [5.74, 6) is 0.287. The third-order valence-electron chi connectivity index (χ3n) is 5.04. The third kappa shape index (κ3) is 5.32. The second kappa shape index (κ2) is 8.44. The first kappa shape index (κ1) is 21.4. The van der Waals surface area contributed by atoms with Crippen LogP contribution < -0.4 is 4.73 Å². The number of likely N-dealkylation sites (tertiary alicyclic amines) is 1. The summed E-state index contributed by atoms with van der Waals surface area (Å²) >= 11 is 0. The number of rotatable bonds is 6. The summed E-state index contributed by atoms with van der Waals surface area (Å²) in [6.07, 6.45) is 5.44. The van der Waals surface area contributed by atoms with Crippen LogP contribution >= 0.6 is 0 Å². The molecule has 1 fully saturated rings. The van der Waals surface area contributed by atoms with Gasteiger partial charge in [0.1, 0.15) is 12.3 Å². The van der Waals surface area contributed by atoms with Crippen molar-refractivity contribution in [3.8, 4) is 0 Å². The topological polar surface area (TPSA) is 65.7 Å². The molecule has 1 aliphatic heterocycles. The SMILES string of the molecule is C=CCOC(=O)N1C[C@@H](C(C)(C)C)C[C@]1(Cc1cc[n+]([O-])cc1)O[SiH](C)C. The highest BCUT2D eigenvalue weighted by atomic mass is 28.3. The molecule has 27 heavy (non-hydrogen) atoms. The molecule has 2 rings (SSSR count). The van der Waals surface area contributed by atoms with Gasteiger partial charge in [-0.3, -0.25) is 4.90 Å². The van der Waals surface area contributed by atoms with Crippen LogP contribution in [0.25, 0.3) is 0 Å². The Kier molecular flexibility index (Phi) is 6.70. The van der Waals surface area contributed by atoms with Gasteiger partial charge < -0.3 is 14.4 Å². The quantitative estimate of drug-likeness (QED) is 0.323. The Balaban J connectivity index is 2.41. The van der Waals surface area contributed by atoms with Crippen LogP contribution in [0.15, 0.2) is 37.2 Å². The molecule has 2 atom stereocenters. The Hall–Kier alpha value is -1.86. The molecule has 0 saturated carbocycles. The molecular weight excluding hydrogens is 360 g/mol. The predicted octanol–water partition coefficient (Wildman–Crippen LogP) is 3.25. The third-order valence-corrected chi connectivity index (χ3v) is 5.95. The van der Waals surface area contributed by atoms with E-state index < -0.39 is 14.8 Å². The largest absolute Gasteiger partial charge is 0.619 e. The summed E-state index contributed by atoms with van der Waals surface area (Å²) in [6.45, 7) is 15.2. The van der Waals surface area contributed by atoms with Gasteiger partial charge in [-0.05, 0) is 36.4 Å². The number of pyridine rings is 1. The van der Waals surface area contributed by atoms with Crippen molar-refractivity contribution in [2.75, 3.05) is 13.2 Å². The van der Waals surface area contributed by atoms with Gasteiger partial charge in [-0.25, -0.2) is 4.79 Å². The van der Waals surface area contributed by atoms with Crippen LogP contribution in [-0.2, 0) is 15.6 Å². The maximum absolute atomic E-state index is 12.9. The normalized spacial score (nSPS) is 22.9. The van der Waals surface area contributed by atoms with Gasteiger partial charge >= 0.3 is 6.09 Å². The van der Waals surface area contributed by atoms with Crippen LogP contribution in [0.2, 0.25) is 13.1 Å². The minimum atomic E-state index is -1.47. The van der Waals surface area contributed by atoms with E-state index in [-0.39, 0.29) is 24.0 Å². The zero-order valence-electron chi connectivity index (χ0n) is 17.1. The fourth-order valence-corrected chi connectivity index (χ4v) is 4.80. The predicted molar refractivity (Wildman–Crippen MR) is 108 cm³/mol. The van der Waals surface area contributed by atoms with Gasteiger partial charge in [0, 0.05) is 25.1 Å². The Bertz CT molecular complexity index is 657. The molecule has 0 spiro atoms. The fraction of sp³-hybridized carbons (Fsp3) is 0.600. The van der Waals surface area contributed by atoms with Crippen molar-refractivity contribution in [1.29, 1.82) is 0 Å². The number of ether oxygens (including phenoxy) is 1. The molecule has 0 N–H and O–H groups in total. The summed E-state index contributed by atoms with van der Waals surface area (Å²) in [4.78, 5) is 14.6. The van der Waals surface area contributed by atoms with E-state index >= 15 is 0 Å². The van der Waals surface area contributed by atoms with Gasteiger partial charge in [-0.15, -0.1) is 0 Å². The maximum Gasteiger partial charge on any atom is 0.412 e. The van der Waals surface area contributed by atoms with Crippen LogP contribution in [0.4, 0.5) is 4.79 Å². The number of carbonyl (C=O) groups excluding carboxylic acids is 1. The number of aromatic nitrogens is 1. The van der Waals surface area contributed by atoms with Gasteiger partial charge in [0.05, 0.1) is 0 Å². The Morgan fingerprint density at radius 3 is 2.59 bits per heavy atom. The highest BCUT2D eigenvalue weighted by Gasteiger charge is 2.52. The molecule has 1 aliphatic rings. The lowest BCUT2D eigenvalue weighted by atomic mass is 9.78. The first-order valence-corrected chi connectivity index (χ1v) is 12.3. The van der Waals surface area contributed by atoms with E-state index in [1.807, 2.05) is 0 Å². The van der Waals surface area contributed by atoms with E-state index in [4.69, 9.17) is 9.16 Å². The lowest BCUT2D eigenvalue weighted by Gasteiger charge is -2.39. The van der Waals surface area contributed by atoms with Crippen molar-refractivity contribution >= 4 is 15.1 Å². The second-order valence-corrected chi connectivity index (χ2v) is 10.9. The first-order valence-electron chi connectivity index (χ1n) is 9.48. The molecule has 0 aromatic carbocycles. The number of hydrogen-bond donors (Lipinski definition) is 0. The Morgan fingerprint density at radius 2 is 2.07 bits per heavy atom. The van der Waals surface area contributed by atoms with Crippen LogP contribution in [0.3, 0.4) is 0 Å².